The van der Waals surface area contributed by atoms with E-state index in [0.29, 0.717) is 35.3 Å². The zero-order valence-corrected chi connectivity index (χ0v) is 18.6. The summed E-state index contributed by atoms with van der Waals surface area (Å²) in [6, 6.07) is 9.89. The minimum absolute atomic E-state index is 0.344. The molecule has 0 saturated carbocycles. The van der Waals surface area contributed by atoms with E-state index >= 15 is 0 Å². The predicted molar refractivity (Wildman–Crippen MR) is 124 cm³/mol. The summed E-state index contributed by atoms with van der Waals surface area (Å²) in [5.74, 6) is 0.457. The standard InChI is InChI=1S/C22H24N8OS/c1-15-10-16(3-5-29-6-8-30(9-7-29)21(24)31)12-17(11-15)27-22-25-4-2-18(28-22)20-19(13-23)32-14-26-20/h2,4,10-12,14H,3,5-9H2,1H3,(H2,24,31)(H,25,27,28). The van der Waals surface area contributed by atoms with Gasteiger partial charge in [0.05, 0.1) is 11.2 Å². The van der Waals surface area contributed by atoms with Gasteiger partial charge in [-0.25, -0.2) is 19.7 Å². The lowest BCUT2D eigenvalue weighted by Crippen LogP contribution is -2.50. The Bertz CT molecular complexity index is 1150. The highest BCUT2D eigenvalue weighted by Gasteiger charge is 2.18. The molecule has 4 rings (SSSR count). The number of carbonyl (C=O) groups is 1. The molecule has 3 aromatic rings. The topological polar surface area (TPSA) is 124 Å². The first-order valence-corrected chi connectivity index (χ1v) is 11.2. The van der Waals surface area contributed by atoms with Crippen LogP contribution in [0.3, 0.4) is 0 Å². The Kier molecular flexibility index (Phi) is 6.58. The van der Waals surface area contributed by atoms with Crippen molar-refractivity contribution >= 4 is 29.0 Å². The van der Waals surface area contributed by atoms with Crippen LogP contribution in [0.15, 0.2) is 36.0 Å². The predicted octanol–water partition coefficient (Wildman–Crippen LogP) is 2.76. The van der Waals surface area contributed by atoms with Gasteiger partial charge in [-0.15, -0.1) is 11.3 Å². The number of amides is 2. The number of benzene rings is 1. The molecule has 3 heterocycles. The third-order valence-electron chi connectivity index (χ3n) is 5.36. The number of nitrogens with zero attached hydrogens (tertiary/aromatic N) is 6. The quantitative estimate of drug-likeness (QED) is 0.594. The minimum Gasteiger partial charge on any atom is -0.351 e. The molecule has 0 radical (unpaired) electrons. The molecule has 0 bridgehead atoms. The number of primary amides is 1. The van der Waals surface area contributed by atoms with Crippen LogP contribution in [0.2, 0.25) is 0 Å². The van der Waals surface area contributed by atoms with Crippen molar-refractivity contribution in [3.05, 3.63) is 52.0 Å². The summed E-state index contributed by atoms with van der Waals surface area (Å²) in [7, 11) is 0. The molecule has 0 atom stereocenters. The van der Waals surface area contributed by atoms with Crippen molar-refractivity contribution < 1.29 is 4.79 Å². The van der Waals surface area contributed by atoms with E-state index in [1.165, 1.54) is 16.9 Å². The number of nitrogens with two attached hydrogens (primary N) is 1. The van der Waals surface area contributed by atoms with Crippen LogP contribution in [0.1, 0.15) is 16.0 Å². The Morgan fingerprint density at radius 1 is 1.25 bits per heavy atom. The van der Waals surface area contributed by atoms with E-state index in [2.05, 4.69) is 56.4 Å². The molecular formula is C22H24N8OS. The van der Waals surface area contributed by atoms with E-state index in [4.69, 9.17) is 5.73 Å². The fourth-order valence-electron chi connectivity index (χ4n) is 3.75. The number of hydrogen-bond acceptors (Lipinski definition) is 8. The van der Waals surface area contributed by atoms with Crippen molar-refractivity contribution in [3.8, 4) is 17.5 Å². The van der Waals surface area contributed by atoms with E-state index in [1.807, 2.05) is 0 Å². The normalized spacial score (nSPS) is 14.2. The Morgan fingerprint density at radius 2 is 2.06 bits per heavy atom. The molecule has 0 spiro atoms. The summed E-state index contributed by atoms with van der Waals surface area (Å²) >= 11 is 1.29. The average Bonchev–Trinajstić information content (AvgIpc) is 3.27. The summed E-state index contributed by atoms with van der Waals surface area (Å²) < 4.78 is 0. The van der Waals surface area contributed by atoms with Crippen LogP contribution in [0, 0.1) is 18.3 Å². The van der Waals surface area contributed by atoms with Gasteiger partial charge in [0.2, 0.25) is 5.95 Å². The van der Waals surface area contributed by atoms with Crippen LogP contribution in [0.5, 0.6) is 0 Å². The number of anilines is 2. The fraction of sp³-hybridized carbons (Fsp3) is 0.318. The molecule has 1 saturated heterocycles. The Labute approximate surface area is 190 Å². The van der Waals surface area contributed by atoms with E-state index < -0.39 is 0 Å². The van der Waals surface area contributed by atoms with Gasteiger partial charge in [-0.2, -0.15) is 5.26 Å². The van der Waals surface area contributed by atoms with Gasteiger partial charge in [-0.05, 0) is 42.7 Å². The third kappa shape index (κ3) is 5.19. The van der Waals surface area contributed by atoms with Crippen molar-refractivity contribution in [2.45, 2.75) is 13.3 Å². The van der Waals surface area contributed by atoms with Gasteiger partial charge in [-0.1, -0.05) is 6.07 Å². The molecule has 1 fully saturated rings. The van der Waals surface area contributed by atoms with Crippen LogP contribution < -0.4 is 11.1 Å². The van der Waals surface area contributed by atoms with Crippen molar-refractivity contribution in [2.75, 3.05) is 38.0 Å². The Hall–Kier alpha value is -3.55. The van der Waals surface area contributed by atoms with Crippen molar-refractivity contribution in [2.24, 2.45) is 5.73 Å². The number of thiazole rings is 1. The molecule has 32 heavy (non-hydrogen) atoms. The summed E-state index contributed by atoms with van der Waals surface area (Å²) in [6.07, 6.45) is 2.56. The molecule has 1 aromatic carbocycles. The van der Waals surface area contributed by atoms with Gasteiger partial charge in [0.15, 0.2) is 0 Å². The van der Waals surface area contributed by atoms with E-state index in [-0.39, 0.29) is 6.03 Å². The van der Waals surface area contributed by atoms with Crippen LogP contribution >= 0.6 is 11.3 Å². The van der Waals surface area contributed by atoms with E-state index in [9.17, 15) is 10.1 Å². The zero-order valence-electron chi connectivity index (χ0n) is 17.8. The highest BCUT2D eigenvalue weighted by molar-refractivity contribution is 7.10. The van der Waals surface area contributed by atoms with Crippen LogP contribution in [0.4, 0.5) is 16.4 Å². The molecular weight excluding hydrogens is 424 g/mol. The van der Waals surface area contributed by atoms with E-state index in [1.54, 1.807) is 22.7 Å². The van der Waals surface area contributed by atoms with Crippen LogP contribution in [-0.4, -0.2) is 63.5 Å². The summed E-state index contributed by atoms with van der Waals surface area (Å²) in [6.45, 7) is 6.00. The van der Waals surface area contributed by atoms with Crippen molar-refractivity contribution in [1.29, 1.82) is 5.26 Å². The minimum atomic E-state index is -0.344. The van der Waals surface area contributed by atoms with Gasteiger partial charge in [0, 0.05) is 44.6 Å². The van der Waals surface area contributed by atoms with Crippen LogP contribution in [0.25, 0.3) is 11.4 Å². The molecule has 164 valence electrons. The van der Waals surface area contributed by atoms with Gasteiger partial charge in [-0.3, -0.25) is 4.90 Å². The number of aromatic nitrogens is 3. The lowest BCUT2D eigenvalue weighted by Gasteiger charge is -2.33. The Morgan fingerprint density at radius 3 is 2.81 bits per heavy atom. The second-order valence-electron chi connectivity index (χ2n) is 7.66. The highest BCUT2D eigenvalue weighted by atomic mass is 32.1. The molecule has 0 unspecified atom stereocenters. The summed E-state index contributed by atoms with van der Waals surface area (Å²) in [5, 5.41) is 12.5. The molecule has 2 amide bonds. The SMILES string of the molecule is Cc1cc(CCN2CCN(C(N)=O)CC2)cc(Nc2nccc(-c3ncsc3C#N)n2)c1. The molecule has 0 aliphatic carbocycles. The number of rotatable bonds is 6. The van der Waals surface area contributed by atoms with Crippen LogP contribution in [-0.2, 0) is 6.42 Å². The number of hydrogen-bond donors (Lipinski definition) is 2. The maximum Gasteiger partial charge on any atom is 0.314 e. The van der Waals surface area contributed by atoms with Gasteiger partial charge < -0.3 is 16.0 Å². The Balaban J connectivity index is 1.42. The summed E-state index contributed by atoms with van der Waals surface area (Å²) in [5.41, 5.74) is 11.5. The largest absolute Gasteiger partial charge is 0.351 e. The second kappa shape index (κ2) is 9.72. The zero-order chi connectivity index (χ0) is 22.5. The van der Waals surface area contributed by atoms with Crippen molar-refractivity contribution in [3.63, 3.8) is 0 Å². The molecule has 10 heteroatoms. The highest BCUT2D eigenvalue weighted by Crippen LogP contribution is 2.24. The molecule has 1 aliphatic heterocycles. The number of nitriles is 1. The molecule has 9 nitrogen and oxygen atoms in total. The van der Waals surface area contributed by atoms with E-state index in [0.717, 1.165) is 37.3 Å². The number of urea groups is 1. The lowest BCUT2D eigenvalue weighted by molar-refractivity contribution is 0.146. The fourth-order valence-corrected chi connectivity index (χ4v) is 4.33. The maximum atomic E-state index is 11.3. The number of piperazine rings is 1. The van der Waals surface area contributed by atoms with Gasteiger partial charge in [0.1, 0.15) is 16.6 Å². The summed E-state index contributed by atoms with van der Waals surface area (Å²) in [4.78, 5) is 29.0. The lowest BCUT2D eigenvalue weighted by atomic mass is 10.1. The van der Waals surface area contributed by atoms with Crippen molar-refractivity contribution in [1.82, 2.24) is 24.8 Å². The second-order valence-corrected chi connectivity index (χ2v) is 8.51. The number of carbonyl (C=O) groups excluding carboxylic acids is 1. The first kappa shape index (κ1) is 21.7. The van der Waals surface area contributed by atoms with Gasteiger partial charge >= 0.3 is 6.03 Å². The number of aryl methyl sites for hydroxylation is 1. The monoisotopic (exact) mass is 448 g/mol. The smallest absolute Gasteiger partial charge is 0.314 e. The molecule has 2 aromatic heterocycles. The number of nitrogens with one attached hydrogen (secondary N) is 1. The first-order chi connectivity index (χ1) is 15.5. The maximum absolute atomic E-state index is 11.3. The molecule has 3 N–H and O–H groups in total. The van der Waals surface area contributed by atoms with Gasteiger partial charge in [0.25, 0.3) is 0 Å². The molecule has 1 aliphatic rings. The third-order valence-corrected chi connectivity index (χ3v) is 6.09. The average molecular weight is 449 g/mol. The first-order valence-electron chi connectivity index (χ1n) is 10.3.